The van der Waals surface area contributed by atoms with Crippen LogP contribution in [-0.4, -0.2) is 22.6 Å². The van der Waals surface area contributed by atoms with Crippen LogP contribution in [0.3, 0.4) is 0 Å². The molecule has 0 N–H and O–H groups in total. The smallest absolute Gasteiger partial charge is 0.337 e. The molecule has 0 saturated heterocycles. The molecule has 0 aliphatic heterocycles. The van der Waals surface area contributed by atoms with Crippen molar-refractivity contribution in [1.29, 1.82) is 0 Å². The number of hydrogen-bond donors (Lipinski definition) is 0. The number of esters is 1. The van der Waals surface area contributed by atoms with Crippen LogP contribution in [0.5, 0.6) is 0 Å². The molecule has 2 aromatic heterocycles. The Morgan fingerprint density at radius 2 is 1.86 bits per heavy atom. The Balaban J connectivity index is 1.87. The largest absolute Gasteiger partial charge is 0.465 e. The van der Waals surface area contributed by atoms with Crippen molar-refractivity contribution in [3.05, 3.63) is 95.3 Å². The summed E-state index contributed by atoms with van der Waals surface area (Å²) in [6.45, 7) is 4.26. The number of aryl methyl sites for hydroxylation is 1. The van der Waals surface area contributed by atoms with Crippen molar-refractivity contribution in [3.8, 4) is 5.82 Å². The van der Waals surface area contributed by atoms with E-state index in [2.05, 4.69) is 52.9 Å². The number of carbonyl (C=O) groups is 1. The lowest BCUT2D eigenvalue weighted by Gasteiger charge is -2.16. The number of pyridine rings is 1. The number of aromatic nitrogens is 2. The van der Waals surface area contributed by atoms with Gasteiger partial charge in [-0.05, 0) is 48.7 Å². The Hall–Kier alpha value is -3.40. The van der Waals surface area contributed by atoms with Crippen LogP contribution in [0.1, 0.15) is 40.0 Å². The van der Waals surface area contributed by atoms with Crippen LogP contribution in [0.2, 0.25) is 0 Å². The first-order valence-electron chi connectivity index (χ1n) is 9.77. The zero-order chi connectivity index (χ0) is 20.4. The summed E-state index contributed by atoms with van der Waals surface area (Å²) >= 11 is 0. The van der Waals surface area contributed by atoms with Crippen molar-refractivity contribution in [2.45, 2.75) is 26.2 Å². The molecule has 29 heavy (non-hydrogen) atoms. The van der Waals surface area contributed by atoms with E-state index in [1.165, 1.54) is 18.4 Å². The molecule has 0 saturated carbocycles. The predicted octanol–water partition coefficient (Wildman–Crippen LogP) is 5.47. The SMILES string of the molecule is COC(=O)c1ccc2cc([C@H](C)Cc3ccccc3)n(-c3ccc(C)cn3)c2c1. The molecule has 0 fully saturated rings. The summed E-state index contributed by atoms with van der Waals surface area (Å²) in [6.07, 6.45) is 2.80. The molecule has 4 aromatic rings. The minimum absolute atomic E-state index is 0.273. The summed E-state index contributed by atoms with van der Waals surface area (Å²) in [4.78, 5) is 16.7. The molecular weight excluding hydrogens is 360 g/mol. The third-order valence-corrected chi connectivity index (χ3v) is 5.27. The summed E-state index contributed by atoms with van der Waals surface area (Å²) in [5.74, 6) is 0.785. The van der Waals surface area contributed by atoms with E-state index in [1.54, 1.807) is 0 Å². The van der Waals surface area contributed by atoms with E-state index in [1.807, 2.05) is 43.5 Å². The normalized spacial score (nSPS) is 12.1. The summed E-state index contributed by atoms with van der Waals surface area (Å²) in [7, 11) is 1.40. The van der Waals surface area contributed by atoms with Crippen LogP contribution in [0, 0.1) is 6.92 Å². The van der Waals surface area contributed by atoms with Crippen LogP contribution >= 0.6 is 0 Å². The maximum Gasteiger partial charge on any atom is 0.337 e. The Morgan fingerprint density at radius 1 is 1.07 bits per heavy atom. The molecule has 2 aromatic carbocycles. The second-order valence-electron chi connectivity index (χ2n) is 7.45. The minimum Gasteiger partial charge on any atom is -0.465 e. The number of hydrogen-bond acceptors (Lipinski definition) is 3. The van der Waals surface area contributed by atoms with Gasteiger partial charge in [0.2, 0.25) is 0 Å². The number of fused-ring (bicyclic) bond motifs is 1. The lowest BCUT2D eigenvalue weighted by molar-refractivity contribution is 0.0601. The second kappa shape index (κ2) is 7.92. The van der Waals surface area contributed by atoms with Gasteiger partial charge in [0.05, 0.1) is 18.2 Å². The van der Waals surface area contributed by atoms with Gasteiger partial charge in [0.25, 0.3) is 0 Å². The molecule has 0 amide bonds. The number of carbonyl (C=O) groups excluding carboxylic acids is 1. The van der Waals surface area contributed by atoms with E-state index in [0.717, 1.165) is 28.7 Å². The molecule has 4 rings (SSSR count). The van der Waals surface area contributed by atoms with Gasteiger partial charge in [-0.1, -0.05) is 49.4 Å². The van der Waals surface area contributed by atoms with Gasteiger partial charge >= 0.3 is 5.97 Å². The molecule has 0 radical (unpaired) electrons. The van der Waals surface area contributed by atoms with Crippen molar-refractivity contribution in [1.82, 2.24) is 9.55 Å². The Labute approximate surface area is 170 Å². The van der Waals surface area contributed by atoms with Crippen molar-refractivity contribution in [3.63, 3.8) is 0 Å². The zero-order valence-corrected chi connectivity index (χ0v) is 16.9. The molecule has 4 heteroatoms. The quantitative estimate of drug-likeness (QED) is 0.429. The molecule has 0 unspecified atom stereocenters. The highest BCUT2D eigenvalue weighted by molar-refractivity contribution is 5.95. The van der Waals surface area contributed by atoms with Gasteiger partial charge in [-0.15, -0.1) is 0 Å². The first-order valence-corrected chi connectivity index (χ1v) is 9.77. The molecule has 1 atom stereocenters. The van der Waals surface area contributed by atoms with E-state index in [-0.39, 0.29) is 11.9 Å². The van der Waals surface area contributed by atoms with Crippen molar-refractivity contribution >= 4 is 16.9 Å². The fraction of sp³-hybridized carbons (Fsp3) is 0.200. The number of methoxy groups -OCH3 is 1. The summed E-state index contributed by atoms with van der Waals surface area (Å²) < 4.78 is 7.08. The third-order valence-electron chi connectivity index (χ3n) is 5.27. The van der Waals surface area contributed by atoms with Crippen LogP contribution < -0.4 is 0 Å². The number of benzene rings is 2. The van der Waals surface area contributed by atoms with Crippen molar-refractivity contribution in [2.24, 2.45) is 0 Å². The fourth-order valence-electron chi connectivity index (χ4n) is 3.75. The molecule has 0 aliphatic carbocycles. The van der Waals surface area contributed by atoms with E-state index in [0.29, 0.717) is 5.56 Å². The lowest BCUT2D eigenvalue weighted by atomic mass is 9.98. The monoisotopic (exact) mass is 384 g/mol. The van der Waals surface area contributed by atoms with Crippen molar-refractivity contribution < 1.29 is 9.53 Å². The number of ether oxygens (including phenoxy) is 1. The topological polar surface area (TPSA) is 44.1 Å². The van der Waals surface area contributed by atoms with Gasteiger partial charge in [0, 0.05) is 23.2 Å². The van der Waals surface area contributed by atoms with Gasteiger partial charge in [0.1, 0.15) is 5.82 Å². The van der Waals surface area contributed by atoms with E-state index >= 15 is 0 Å². The van der Waals surface area contributed by atoms with Crippen molar-refractivity contribution in [2.75, 3.05) is 7.11 Å². The molecule has 2 heterocycles. The number of rotatable bonds is 5. The van der Waals surface area contributed by atoms with Crippen LogP contribution in [0.4, 0.5) is 0 Å². The summed E-state index contributed by atoms with van der Waals surface area (Å²) in [6, 6.07) is 22.5. The first kappa shape index (κ1) is 18.9. The lowest BCUT2D eigenvalue weighted by Crippen LogP contribution is -2.08. The minimum atomic E-state index is -0.338. The molecular formula is C25H24N2O2. The standard InChI is InChI=1S/C25H24N2O2/c1-17-9-12-24(26-16-17)27-22(18(2)13-19-7-5-4-6-8-19)14-20-10-11-21(15-23(20)27)25(28)29-3/h4-12,14-16,18H,13H2,1-3H3/t18-/m1/s1. The van der Waals surface area contributed by atoms with Crippen LogP contribution in [0.25, 0.3) is 16.7 Å². The summed E-state index contributed by atoms with van der Waals surface area (Å²) in [5.41, 5.74) is 5.07. The third kappa shape index (κ3) is 3.79. The molecule has 0 bridgehead atoms. The van der Waals surface area contributed by atoms with Crippen LogP contribution in [0.15, 0.2) is 72.9 Å². The fourth-order valence-corrected chi connectivity index (χ4v) is 3.75. The second-order valence-corrected chi connectivity index (χ2v) is 7.45. The molecule has 4 nitrogen and oxygen atoms in total. The maximum atomic E-state index is 12.1. The van der Waals surface area contributed by atoms with E-state index in [4.69, 9.17) is 4.74 Å². The average molecular weight is 384 g/mol. The highest BCUT2D eigenvalue weighted by Gasteiger charge is 2.19. The Kier molecular flexibility index (Phi) is 5.17. The molecule has 0 aliphatic rings. The van der Waals surface area contributed by atoms with Gasteiger partial charge in [-0.3, -0.25) is 4.57 Å². The van der Waals surface area contributed by atoms with Gasteiger partial charge in [0.15, 0.2) is 0 Å². The first-order chi connectivity index (χ1) is 14.1. The highest BCUT2D eigenvalue weighted by atomic mass is 16.5. The Morgan fingerprint density at radius 3 is 2.55 bits per heavy atom. The van der Waals surface area contributed by atoms with Crippen LogP contribution in [-0.2, 0) is 11.2 Å². The summed E-state index contributed by atoms with van der Waals surface area (Å²) in [5, 5.41) is 1.08. The van der Waals surface area contributed by atoms with E-state index in [9.17, 15) is 4.79 Å². The zero-order valence-electron chi connectivity index (χ0n) is 16.9. The maximum absolute atomic E-state index is 12.1. The number of nitrogens with zero attached hydrogens (tertiary/aromatic N) is 2. The molecule has 146 valence electrons. The van der Waals surface area contributed by atoms with Gasteiger partial charge < -0.3 is 4.74 Å². The van der Waals surface area contributed by atoms with Gasteiger partial charge in [-0.25, -0.2) is 9.78 Å². The predicted molar refractivity (Wildman–Crippen MR) is 116 cm³/mol. The Bertz CT molecular complexity index is 1140. The average Bonchev–Trinajstić information content (AvgIpc) is 3.13. The van der Waals surface area contributed by atoms with E-state index < -0.39 is 0 Å². The molecule has 0 spiro atoms. The van der Waals surface area contributed by atoms with Gasteiger partial charge in [-0.2, -0.15) is 0 Å². The highest BCUT2D eigenvalue weighted by Crippen LogP contribution is 2.31.